The van der Waals surface area contributed by atoms with Crippen molar-refractivity contribution in [2.24, 2.45) is 0 Å². The van der Waals surface area contributed by atoms with E-state index in [9.17, 15) is 0 Å². The van der Waals surface area contributed by atoms with Gasteiger partial charge in [0.2, 0.25) is 0 Å². The van der Waals surface area contributed by atoms with Crippen LogP contribution in [-0.4, -0.2) is 83.0 Å². The summed E-state index contributed by atoms with van der Waals surface area (Å²) in [5, 5.41) is 8.98. The van der Waals surface area contributed by atoms with E-state index in [4.69, 9.17) is 19.3 Å². The first-order valence-corrected chi connectivity index (χ1v) is 14.7. The molecule has 0 aromatic heterocycles. The van der Waals surface area contributed by atoms with Crippen molar-refractivity contribution in [1.29, 1.82) is 0 Å². The van der Waals surface area contributed by atoms with E-state index in [1.807, 2.05) is 0 Å². The van der Waals surface area contributed by atoms with Gasteiger partial charge in [-0.25, -0.2) is 0 Å². The number of hydrogen-bond acceptors (Lipinski definition) is 4. The standard InChI is InChI=1S/C29H62NO4/c1-5-6-7-8-9-10-11-12-13-14-15-16-17-19-25-33-27-29(32-4)28-34-26-20-18-22-30(2,3)23-21-24-31/h29,31H,5-28H2,1-4H3/q+1. The molecule has 5 nitrogen and oxygen atoms in total. The van der Waals surface area contributed by atoms with E-state index in [-0.39, 0.29) is 12.7 Å². The fourth-order valence-electron chi connectivity index (χ4n) is 4.37. The van der Waals surface area contributed by atoms with Crippen molar-refractivity contribution in [3.05, 3.63) is 0 Å². The number of aliphatic hydroxyl groups is 1. The van der Waals surface area contributed by atoms with Gasteiger partial charge >= 0.3 is 0 Å². The molecule has 0 aliphatic rings. The Labute approximate surface area is 213 Å². The quantitative estimate of drug-likeness (QED) is 0.0977. The third-order valence-corrected chi connectivity index (χ3v) is 6.81. The summed E-state index contributed by atoms with van der Waals surface area (Å²) in [6, 6.07) is 0. The Morgan fingerprint density at radius 3 is 1.44 bits per heavy atom. The maximum atomic E-state index is 8.98. The van der Waals surface area contributed by atoms with E-state index in [0.29, 0.717) is 13.2 Å². The summed E-state index contributed by atoms with van der Waals surface area (Å²) in [5.41, 5.74) is 0. The van der Waals surface area contributed by atoms with E-state index in [2.05, 4.69) is 21.0 Å². The Balaban J connectivity index is 3.38. The van der Waals surface area contributed by atoms with E-state index in [1.165, 1.54) is 83.5 Å². The molecule has 0 aliphatic heterocycles. The molecule has 34 heavy (non-hydrogen) atoms. The number of nitrogens with zero attached hydrogens (tertiary/aromatic N) is 1. The number of hydrogen-bond donors (Lipinski definition) is 1. The Hall–Kier alpha value is -0.200. The Kier molecular flexibility index (Phi) is 25.7. The SMILES string of the molecule is CCCCCCCCCCCCCCCCOCC(COCCCC[N+](C)(C)CCCO)OC. The van der Waals surface area contributed by atoms with Gasteiger partial charge in [-0.05, 0) is 19.3 Å². The predicted molar refractivity (Wildman–Crippen MR) is 146 cm³/mol. The summed E-state index contributed by atoms with van der Waals surface area (Å²) >= 11 is 0. The fraction of sp³-hybridized carbons (Fsp3) is 1.00. The van der Waals surface area contributed by atoms with Crippen LogP contribution in [-0.2, 0) is 14.2 Å². The van der Waals surface area contributed by atoms with Crippen molar-refractivity contribution in [3.8, 4) is 0 Å². The molecule has 206 valence electrons. The molecule has 5 heteroatoms. The summed E-state index contributed by atoms with van der Waals surface area (Å²) in [6.07, 6.45) is 22.5. The molecule has 1 atom stereocenters. The highest BCUT2D eigenvalue weighted by atomic mass is 16.6. The molecule has 1 N–H and O–H groups in total. The highest BCUT2D eigenvalue weighted by Gasteiger charge is 2.13. The van der Waals surface area contributed by atoms with Crippen LogP contribution in [0.3, 0.4) is 0 Å². The van der Waals surface area contributed by atoms with Gasteiger partial charge in [0.1, 0.15) is 6.10 Å². The molecule has 0 spiro atoms. The van der Waals surface area contributed by atoms with Crippen LogP contribution in [0.15, 0.2) is 0 Å². The van der Waals surface area contributed by atoms with Gasteiger partial charge in [-0.15, -0.1) is 0 Å². The molecule has 0 aromatic carbocycles. The maximum absolute atomic E-state index is 8.98. The highest BCUT2D eigenvalue weighted by molar-refractivity contribution is 4.55. The molecule has 0 radical (unpaired) electrons. The van der Waals surface area contributed by atoms with E-state index >= 15 is 0 Å². The largest absolute Gasteiger partial charge is 0.396 e. The second-order valence-corrected chi connectivity index (χ2v) is 10.8. The number of aliphatic hydroxyl groups excluding tert-OH is 1. The lowest BCUT2D eigenvalue weighted by Crippen LogP contribution is -2.41. The Morgan fingerprint density at radius 1 is 0.588 bits per heavy atom. The average molecular weight is 489 g/mol. The lowest BCUT2D eigenvalue weighted by atomic mass is 10.0. The van der Waals surface area contributed by atoms with Crippen molar-refractivity contribution in [1.82, 2.24) is 0 Å². The smallest absolute Gasteiger partial charge is 0.104 e. The van der Waals surface area contributed by atoms with Gasteiger partial charge in [-0.1, -0.05) is 90.4 Å². The third-order valence-electron chi connectivity index (χ3n) is 6.81. The first-order chi connectivity index (χ1) is 16.6. The first kappa shape index (κ1) is 33.8. The van der Waals surface area contributed by atoms with Crippen LogP contribution < -0.4 is 0 Å². The summed E-state index contributed by atoms with van der Waals surface area (Å²) in [6.45, 7) is 7.56. The molecule has 1 unspecified atom stereocenters. The van der Waals surface area contributed by atoms with Crippen molar-refractivity contribution in [2.45, 2.75) is 122 Å². The third kappa shape index (κ3) is 24.9. The first-order valence-electron chi connectivity index (χ1n) is 14.7. The molecule has 0 bridgehead atoms. The highest BCUT2D eigenvalue weighted by Crippen LogP contribution is 2.13. The van der Waals surface area contributed by atoms with E-state index < -0.39 is 0 Å². The monoisotopic (exact) mass is 488 g/mol. The number of ether oxygens (including phenoxy) is 3. The molecule has 0 saturated carbocycles. The molecule has 0 saturated heterocycles. The van der Waals surface area contributed by atoms with Crippen LogP contribution in [0.2, 0.25) is 0 Å². The summed E-state index contributed by atoms with van der Waals surface area (Å²) in [5.74, 6) is 0. The summed E-state index contributed by atoms with van der Waals surface area (Å²) in [4.78, 5) is 0. The van der Waals surface area contributed by atoms with Crippen LogP contribution in [0, 0.1) is 0 Å². The zero-order chi connectivity index (χ0) is 25.2. The number of quaternary nitrogens is 1. The van der Waals surface area contributed by atoms with Gasteiger partial charge in [0.05, 0.1) is 40.4 Å². The van der Waals surface area contributed by atoms with E-state index in [1.54, 1.807) is 7.11 Å². The molecule has 0 amide bonds. The molecule has 0 aliphatic carbocycles. The van der Waals surface area contributed by atoms with Gasteiger partial charge in [-0.2, -0.15) is 0 Å². The van der Waals surface area contributed by atoms with Gasteiger partial charge in [0.15, 0.2) is 0 Å². The topological polar surface area (TPSA) is 47.9 Å². The molecular formula is C29H62NO4+. The molecule has 0 rings (SSSR count). The predicted octanol–water partition coefficient (Wildman–Crippen LogP) is 6.75. The number of rotatable bonds is 28. The van der Waals surface area contributed by atoms with Crippen LogP contribution in [0.25, 0.3) is 0 Å². The van der Waals surface area contributed by atoms with Crippen LogP contribution in [0.5, 0.6) is 0 Å². The zero-order valence-corrected chi connectivity index (χ0v) is 23.7. The Morgan fingerprint density at radius 2 is 1.00 bits per heavy atom. The van der Waals surface area contributed by atoms with Crippen LogP contribution in [0.4, 0.5) is 0 Å². The fourth-order valence-corrected chi connectivity index (χ4v) is 4.37. The van der Waals surface area contributed by atoms with Crippen molar-refractivity contribution < 1.29 is 23.8 Å². The lowest BCUT2D eigenvalue weighted by molar-refractivity contribution is -0.890. The van der Waals surface area contributed by atoms with Gasteiger partial charge in [0, 0.05) is 33.4 Å². The van der Waals surface area contributed by atoms with Crippen molar-refractivity contribution in [2.75, 3.05) is 67.3 Å². The Bertz CT molecular complexity index is 392. The van der Waals surface area contributed by atoms with Crippen LogP contribution in [0.1, 0.15) is 116 Å². The van der Waals surface area contributed by atoms with E-state index in [0.717, 1.165) is 56.5 Å². The average Bonchev–Trinajstić information content (AvgIpc) is 2.83. The number of unbranched alkanes of at least 4 members (excludes halogenated alkanes) is 14. The minimum Gasteiger partial charge on any atom is -0.396 e. The zero-order valence-electron chi connectivity index (χ0n) is 23.7. The minimum absolute atomic E-state index is 0.0309. The summed E-state index contributed by atoms with van der Waals surface area (Å²) < 4.78 is 18.1. The summed E-state index contributed by atoms with van der Waals surface area (Å²) in [7, 11) is 6.20. The molecule has 0 fully saturated rings. The maximum Gasteiger partial charge on any atom is 0.104 e. The van der Waals surface area contributed by atoms with Gasteiger partial charge in [0.25, 0.3) is 0 Å². The lowest BCUT2D eigenvalue weighted by Gasteiger charge is -2.29. The molecule has 0 aromatic rings. The number of methoxy groups -OCH3 is 1. The minimum atomic E-state index is 0.0309. The normalized spacial score (nSPS) is 13.0. The molecule has 0 heterocycles. The van der Waals surface area contributed by atoms with Crippen molar-refractivity contribution >= 4 is 0 Å². The molecular weight excluding hydrogens is 426 g/mol. The second-order valence-electron chi connectivity index (χ2n) is 10.8. The van der Waals surface area contributed by atoms with Crippen molar-refractivity contribution in [3.63, 3.8) is 0 Å². The second kappa shape index (κ2) is 25.9. The van der Waals surface area contributed by atoms with Crippen LogP contribution >= 0.6 is 0 Å². The van der Waals surface area contributed by atoms with Gasteiger partial charge < -0.3 is 23.8 Å². The van der Waals surface area contributed by atoms with Gasteiger partial charge in [-0.3, -0.25) is 0 Å².